The number of hydrogen-bond donors (Lipinski definition) is 1. The molecule has 17 heavy (non-hydrogen) atoms. The predicted octanol–water partition coefficient (Wildman–Crippen LogP) is 1.66. The van der Waals surface area contributed by atoms with E-state index >= 15 is 0 Å². The van der Waals surface area contributed by atoms with Crippen LogP contribution in [0.1, 0.15) is 11.6 Å². The van der Waals surface area contributed by atoms with Crippen LogP contribution in [-0.2, 0) is 4.74 Å². The summed E-state index contributed by atoms with van der Waals surface area (Å²) in [6.07, 6.45) is 0. The summed E-state index contributed by atoms with van der Waals surface area (Å²) in [6.45, 7) is 2.00. The highest BCUT2D eigenvalue weighted by Crippen LogP contribution is 2.30. The fourth-order valence-corrected chi connectivity index (χ4v) is 2.26. The number of guanidine groups is 1. The number of nitrogens with zero attached hydrogens (tertiary/aromatic N) is 2. The van der Waals surface area contributed by atoms with Crippen LogP contribution in [0.25, 0.3) is 0 Å². The van der Waals surface area contributed by atoms with Crippen LogP contribution in [0.3, 0.4) is 0 Å². The Bertz CT molecular complexity index is 422. The summed E-state index contributed by atoms with van der Waals surface area (Å²) in [6, 6.07) is 7.93. The molecular formula is C12H16ClN3O. The second-order valence-corrected chi connectivity index (χ2v) is 4.33. The van der Waals surface area contributed by atoms with E-state index in [2.05, 4.69) is 4.99 Å². The Balaban J connectivity index is 2.18. The highest BCUT2D eigenvalue weighted by Gasteiger charge is 2.28. The minimum atomic E-state index is 0.124. The second kappa shape index (κ2) is 5.38. The first-order valence-electron chi connectivity index (χ1n) is 5.54. The van der Waals surface area contributed by atoms with E-state index in [1.165, 1.54) is 0 Å². The van der Waals surface area contributed by atoms with E-state index in [0.29, 0.717) is 19.1 Å². The molecule has 0 saturated heterocycles. The Hall–Kier alpha value is -1.26. The van der Waals surface area contributed by atoms with Gasteiger partial charge < -0.3 is 15.4 Å². The lowest BCUT2D eigenvalue weighted by molar-refractivity contribution is 0.166. The molecule has 1 aliphatic rings. The van der Waals surface area contributed by atoms with Crippen LogP contribution in [0.2, 0.25) is 5.02 Å². The van der Waals surface area contributed by atoms with Gasteiger partial charge in [-0.3, -0.25) is 4.99 Å². The summed E-state index contributed by atoms with van der Waals surface area (Å²) >= 11 is 6.20. The Kier molecular flexibility index (Phi) is 3.86. The quantitative estimate of drug-likeness (QED) is 0.888. The molecule has 4 nitrogen and oxygen atoms in total. The molecule has 5 heteroatoms. The molecule has 2 rings (SSSR count). The molecule has 1 atom stereocenters. The van der Waals surface area contributed by atoms with Gasteiger partial charge in [0.05, 0.1) is 19.2 Å². The number of rotatable bonds is 4. The zero-order valence-electron chi connectivity index (χ0n) is 9.77. The molecule has 0 aromatic heterocycles. The van der Waals surface area contributed by atoms with Crippen molar-refractivity contribution in [2.75, 3.05) is 26.8 Å². The molecule has 1 aliphatic heterocycles. The summed E-state index contributed by atoms with van der Waals surface area (Å²) in [5.74, 6) is 0.562. The zero-order chi connectivity index (χ0) is 12.3. The van der Waals surface area contributed by atoms with Crippen molar-refractivity contribution in [2.45, 2.75) is 6.04 Å². The van der Waals surface area contributed by atoms with E-state index in [9.17, 15) is 0 Å². The van der Waals surface area contributed by atoms with Gasteiger partial charge in [-0.15, -0.1) is 0 Å². The van der Waals surface area contributed by atoms with Crippen molar-refractivity contribution >= 4 is 17.6 Å². The normalized spacial score (nSPS) is 19.5. The molecule has 0 bridgehead atoms. The van der Waals surface area contributed by atoms with Gasteiger partial charge in [0.2, 0.25) is 0 Å². The Morgan fingerprint density at radius 2 is 2.29 bits per heavy atom. The summed E-state index contributed by atoms with van der Waals surface area (Å²) in [5.41, 5.74) is 6.94. The van der Waals surface area contributed by atoms with Crippen molar-refractivity contribution in [2.24, 2.45) is 10.7 Å². The molecule has 1 heterocycles. The van der Waals surface area contributed by atoms with E-state index in [-0.39, 0.29) is 6.04 Å². The number of ether oxygens (including phenoxy) is 1. The third-order valence-corrected chi connectivity index (χ3v) is 3.24. The highest BCUT2D eigenvalue weighted by atomic mass is 35.5. The van der Waals surface area contributed by atoms with Crippen molar-refractivity contribution < 1.29 is 4.74 Å². The average Bonchev–Trinajstić information content (AvgIpc) is 2.69. The van der Waals surface area contributed by atoms with Gasteiger partial charge >= 0.3 is 0 Å². The minimum Gasteiger partial charge on any atom is -0.383 e. The van der Waals surface area contributed by atoms with Gasteiger partial charge in [-0.1, -0.05) is 29.8 Å². The molecule has 0 aliphatic carbocycles. The first-order chi connectivity index (χ1) is 8.24. The van der Waals surface area contributed by atoms with Crippen LogP contribution in [-0.4, -0.2) is 37.7 Å². The molecule has 0 spiro atoms. The molecule has 92 valence electrons. The average molecular weight is 254 g/mol. The van der Waals surface area contributed by atoms with E-state index in [1.54, 1.807) is 7.11 Å². The van der Waals surface area contributed by atoms with Crippen molar-refractivity contribution in [1.82, 2.24) is 4.90 Å². The monoisotopic (exact) mass is 253 g/mol. The molecule has 0 amide bonds. The SMILES string of the molecule is COCCN1C(N)=NCC1c1ccccc1Cl. The van der Waals surface area contributed by atoms with Gasteiger partial charge in [0, 0.05) is 18.7 Å². The molecule has 0 radical (unpaired) electrons. The van der Waals surface area contributed by atoms with Gasteiger partial charge in [-0.2, -0.15) is 0 Å². The lowest BCUT2D eigenvalue weighted by Crippen LogP contribution is -2.38. The molecular weight excluding hydrogens is 238 g/mol. The molecule has 1 aromatic carbocycles. The van der Waals surface area contributed by atoms with Crippen LogP contribution in [0, 0.1) is 0 Å². The van der Waals surface area contributed by atoms with Gasteiger partial charge in [-0.05, 0) is 11.6 Å². The first kappa shape index (κ1) is 12.2. The van der Waals surface area contributed by atoms with Gasteiger partial charge in [-0.25, -0.2) is 0 Å². The first-order valence-corrected chi connectivity index (χ1v) is 5.91. The second-order valence-electron chi connectivity index (χ2n) is 3.92. The third-order valence-electron chi connectivity index (χ3n) is 2.90. The maximum atomic E-state index is 6.20. The third kappa shape index (κ3) is 2.53. The summed E-state index contributed by atoms with van der Waals surface area (Å²) < 4.78 is 5.08. The van der Waals surface area contributed by atoms with Crippen molar-refractivity contribution in [1.29, 1.82) is 0 Å². The Labute approximate surface area is 106 Å². The van der Waals surface area contributed by atoms with Crippen molar-refractivity contribution in [3.05, 3.63) is 34.9 Å². The predicted molar refractivity (Wildman–Crippen MR) is 69.3 cm³/mol. The van der Waals surface area contributed by atoms with Crippen LogP contribution < -0.4 is 5.73 Å². The van der Waals surface area contributed by atoms with E-state index in [1.807, 2.05) is 29.2 Å². The van der Waals surface area contributed by atoms with Crippen LogP contribution >= 0.6 is 11.6 Å². The molecule has 1 aromatic rings. The highest BCUT2D eigenvalue weighted by molar-refractivity contribution is 6.31. The topological polar surface area (TPSA) is 50.9 Å². The van der Waals surface area contributed by atoms with E-state index < -0.39 is 0 Å². The van der Waals surface area contributed by atoms with Crippen LogP contribution in [0.5, 0.6) is 0 Å². The van der Waals surface area contributed by atoms with Gasteiger partial charge in [0.1, 0.15) is 0 Å². The minimum absolute atomic E-state index is 0.124. The number of halogens is 1. The number of nitrogens with two attached hydrogens (primary N) is 1. The zero-order valence-corrected chi connectivity index (χ0v) is 10.5. The molecule has 0 fully saturated rings. The number of methoxy groups -OCH3 is 1. The smallest absolute Gasteiger partial charge is 0.192 e. The molecule has 2 N–H and O–H groups in total. The number of hydrogen-bond acceptors (Lipinski definition) is 4. The summed E-state index contributed by atoms with van der Waals surface area (Å²) in [5, 5.41) is 0.754. The van der Waals surface area contributed by atoms with Crippen LogP contribution in [0.4, 0.5) is 0 Å². The van der Waals surface area contributed by atoms with Crippen molar-refractivity contribution in [3.63, 3.8) is 0 Å². The fraction of sp³-hybridized carbons (Fsp3) is 0.417. The van der Waals surface area contributed by atoms with Gasteiger partial charge in [0.25, 0.3) is 0 Å². The Morgan fingerprint density at radius 3 is 3.00 bits per heavy atom. The van der Waals surface area contributed by atoms with Crippen molar-refractivity contribution in [3.8, 4) is 0 Å². The van der Waals surface area contributed by atoms with E-state index in [0.717, 1.165) is 17.1 Å². The number of aliphatic imine (C=N–C) groups is 1. The number of benzene rings is 1. The molecule has 1 unspecified atom stereocenters. The largest absolute Gasteiger partial charge is 0.383 e. The lowest BCUT2D eigenvalue weighted by Gasteiger charge is -2.26. The molecule has 0 saturated carbocycles. The van der Waals surface area contributed by atoms with E-state index in [4.69, 9.17) is 22.1 Å². The standard InChI is InChI=1S/C12H16ClN3O/c1-17-7-6-16-11(8-15-12(16)14)9-4-2-3-5-10(9)13/h2-5,11H,6-8H2,1H3,(H2,14,15). The lowest BCUT2D eigenvalue weighted by atomic mass is 10.1. The fourth-order valence-electron chi connectivity index (χ4n) is 2.00. The van der Waals surface area contributed by atoms with Gasteiger partial charge in [0.15, 0.2) is 5.96 Å². The maximum Gasteiger partial charge on any atom is 0.192 e. The van der Waals surface area contributed by atoms with Crippen LogP contribution in [0.15, 0.2) is 29.3 Å². The summed E-state index contributed by atoms with van der Waals surface area (Å²) in [7, 11) is 1.67. The Morgan fingerprint density at radius 1 is 1.53 bits per heavy atom. The summed E-state index contributed by atoms with van der Waals surface area (Å²) in [4.78, 5) is 6.31. The maximum absolute atomic E-state index is 6.20.